The normalized spacial score (nSPS) is 12.5. The van der Waals surface area contributed by atoms with Crippen molar-refractivity contribution < 1.29 is 13.5 Å². The van der Waals surface area contributed by atoms with Crippen molar-refractivity contribution >= 4 is 26.4 Å². The van der Waals surface area contributed by atoms with Gasteiger partial charge in [-0.2, -0.15) is 13.9 Å². The summed E-state index contributed by atoms with van der Waals surface area (Å²) in [5.74, 6) is 0.863. The molecule has 9 heteroatoms. The zero-order valence-electron chi connectivity index (χ0n) is 17.9. The predicted molar refractivity (Wildman–Crippen MR) is 119 cm³/mol. The number of benzene rings is 2. The molecule has 1 N–H and O–H groups in total. The summed E-state index contributed by atoms with van der Waals surface area (Å²) in [5, 5.41) is 24.4. The molecule has 31 heavy (non-hydrogen) atoms. The van der Waals surface area contributed by atoms with Crippen molar-refractivity contribution in [2.75, 3.05) is 20.2 Å². The molecule has 162 valence electrons. The average Bonchev–Trinajstić information content (AvgIpc) is 3.18. The lowest BCUT2D eigenvalue weighted by molar-refractivity contribution is 0.266. The van der Waals surface area contributed by atoms with Crippen molar-refractivity contribution in [3.05, 3.63) is 53.9 Å². The Balaban J connectivity index is 2.00. The number of aliphatic hydroxyl groups excluding tert-OH is 1. The van der Waals surface area contributed by atoms with Gasteiger partial charge in [0.2, 0.25) is 10.0 Å². The van der Waals surface area contributed by atoms with Gasteiger partial charge >= 0.3 is 0 Å². The van der Waals surface area contributed by atoms with Gasteiger partial charge < -0.3 is 5.11 Å². The molecule has 0 bridgehead atoms. The van der Waals surface area contributed by atoms with Gasteiger partial charge in [-0.15, -0.1) is 10.2 Å². The van der Waals surface area contributed by atoms with Gasteiger partial charge in [-0.05, 0) is 18.6 Å². The van der Waals surface area contributed by atoms with E-state index >= 15 is 0 Å². The second-order valence-corrected chi connectivity index (χ2v) is 9.89. The number of hydrogen-bond acceptors (Lipinski definition) is 6. The average molecular weight is 440 g/mol. The van der Waals surface area contributed by atoms with Crippen molar-refractivity contribution in [3.8, 4) is 11.3 Å². The monoisotopic (exact) mass is 439 g/mol. The van der Waals surface area contributed by atoms with Gasteiger partial charge in [-0.3, -0.25) is 0 Å². The van der Waals surface area contributed by atoms with Crippen LogP contribution in [0.2, 0.25) is 0 Å². The number of rotatable bonds is 6. The van der Waals surface area contributed by atoms with Gasteiger partial charge in [0.05, 0.1) is 17.2 Å². The Hall–Kier alpha value is -2.88. The van der Waals surface area contributed by atoms with Crippen molar-refractivity contribution in [2.45, 2.75) is 31.6 Å². The van der Waals surface area contributed by atoms with Crippen molar-refractivity contribution in [3.63, 3.8) is 0 Å². The smallest absolute Gasteiger partial charge is 0.243 e. The molecule has 0 radical (unpaired) electrons. The molecule has 0 aliphatic carbocycles. The van der Waals surface area contributed by atoms with E-state index in [-0.39, 0.29) is 24.0 Å². The molecular formula is C22H25N5O3S. The third kappa shape index (κ3) is 3.58. The summed E-state index contributed by atoms with van der Waals surface area (Å²) in [7, 11) is -2.29. The summed E-state index contributed by atoms with van der Waals surface area (Å²) in [6.45, 7) is 5.59. The van der Waals surface area contributed by atoms with E-state index in [4.69, 9.17) is 5.10 Å². The van der Waals surface area contributed by atoms with Crippen LogP contribution in [0.4, 0.5) is 0 Å². The molecule has 8 nitrogen and oxygen atoms in total. The minimum absolute atomic E-state index is 0.0254. The predicted octanol–water partition coefficient (Wildman–Crippen LogP) is 2.99. The van der Waals surface area contributed by atoms with E-state index in [1.807, 2.05) is 44.2 Å². The molecule has 0 amide bonds. The number of fused-ring (bicyclic) bond motifs is 3. The molecule has 0 aliphatic heterocycles. The molecule has 0 unspecified atom stereocenters. The van der Waals surface area contributed by atoms with Crippen LogP contribution in [0.5, 0.6) is 0 Å². The Morgan fingerprint density at radius 1 is 1.10 bits per heavy atom. The van der Waals surface area contributed by atoms with Crippen LogP contribution in [0.25, 0.3) is 27.7 Å². The van der Waals surface area contributed by atoms with Crippen LogP contribution in [-0.4, -0.2) is 57.8 Å². The maximum Gasteiger partial charge on any atom is 0.243 e. The van der Waals surface area contributed by atoms with Crippen molar-refractivity contribution in [1.82, 2.24) is 24.1 Å². The largest absolute Gasteiger partial charge is 0.395 e. The summed E-state index contributed by atoms with van der Waals surface area (Å²) in [4.78, 5) is 0.194. The van der Waals surface area contributed by atoms with E-state index in [9.17, 15) is 13.5 Å². The van der Waals surface area contributed by atoms with Crippen molar-refractivity contribution in [2.24, 2.45) is 0 Å². The lowest BCUT2D eigenvalue weighted by Gasteiger charge is -2.18. The molecule has 4 rings (SSSR count). The van der Waals surface area contributed by atoms with Crippen LogP contribution in [0.1, 0.15) is 31.2 Å². The van der Waals surface area contributed by atoms with Crippen LogP contribution >= 0.6 is 0 Å². The van der Waals surface area contributed by atoms with Crippen LogP contribution in [0.3, 0.4) is 0 Å². The zero-order chi connectivity index (χ0) is 22.3. The molecule has 0 spiro atoms. The zero-order valence-corrected chi connectivity index (χ0v) is 18.8. The fourth-order valence-electron chi connectivity index (χ4n) is 3.62. The van der Waals surface area contributed by atoms with E-state index in [2.05, 4.69) is 10.2 Å². The van der Waals surface area contributed by atoms with Crippen LogP contribution in [0.15, 0.2) is 47.4 Å². The topological polar surface area (TPSA) is 101 Å². The fourth-order valence-corrected chi connectivity index (χ4v) is 5.03. The number of aryl methyl sites for hydroxylation is 1. The first-order valence-electron chi connectivity index (χ1n) is 10.1. The molecule has 0 saturated heterocycles. The number of likely N-dealkylation sites (N-methyl/N-ethyl adjacent to an activating group) is 1. The van der Waals surface area contributed by atoms with Gasteiger partial charge in [0.25, 0.3) is 0 Å². The highest BCUT2D eigenvalue weighted by Crippen LogP contribution is 2.32. The summed E-state index contributed by atoms with van der Waals surface area (Å²) in [6.07, 6.45) is 0. The Bertz CT molecular complexity index is 1380. The first-order chi connectivity index (χ1) is 14.8. The van der Waals surface area contributed by atoms with Gasteiger partial charge in [0, 0.05) is 35.8 Å². The molecule has 0 saturated carbocycles. The highest BCUT2D eigenvalue weighted by atomic mass is 32.2. The van der Waals surface area contributed by atoms with Crippen molar-refractivity contribution in [1.29, 1.82) is 0 Å². The van der Waals surface area contributed by atoms with Crippen LogP contribution in [-0.2, 0) is 10.0 Å². The van der Waals surface area contributed by atoms with E-state index in [1.54, 1.807) is 23.6 Å². The van der Waals surface area contributed by atoms with Crippen LogP contribution < -0.4 is 0 Å². The minimum Gasteiger partial charge on any atom is -0.395 e. The number of nitrogens with zero attached hydrogens (tertiary/aromatic N) is 5. The maximum atomic E-state index is 13.1. The quantitative estimate of drug-likeness (QED) is 0.496. The van der Waals surface area contributed by atoms with E-state index < -0.39 is 10.0 Å². The summed E-state index contributed by atoms with van der Waals surface area (Å²) in [6, 6.07) is 13.1. The third-order valence-corrected chi connectivity index (χ3v) is 7.37. The van der Waals surface area contributed by atoms with Gasteiger partial charge in [0.15, 0.2) is 11.5 Å². The SMILES string of the molecule is Cc1ccc(-c2nn3c(C(C)C)nnc3c3ccccc23)cc1S(=O)(=O)N(C)CCO. The fraction of sp³-hybridized carbons (Fsp3) is 0.318. The van der Waals surface area contributed by atoms with E-state index in [0.717, 1.165) is 20.9 Å². The molecule has 2 aromatic carbocycles. The molecule has 2 heterocycles. The summed E-state index contributed by atoms with van der Waals surface area (Å²) < 4.78 is 29.0. The second-order valence-electron chi connectivity index (χ2n) is 7.87. The van der Waals surface area contributed by atoms with Gasteiger partial charge in [0.1, 0.15) is 0 Å². The maximum absolute atomic E-state index is 13.1. The molecule has 2 aromatic heterocycles. The highest BCUT2D eigenvalue weighted by molar-refractivity contribution is 7.89. The summed E-state index contributed by atoms with van der Waals surface area (Å²) >= 11 is 0. The molecule has 4 aromatic rings. The Kier molecular flexibility index (Phi) is 5.50. The molecule has 0 fully saturated rings. The Labute approximate surface area is 181 Å². The molecular weight excluding hydrogens is 414 g/mol. The lowest BCUT2D eigenvalue weighted by atomic mass is 10.0. The van der Waals surface area contributed by atoms with Crippen LogP contribution in [0, 0.1) is 6.92 Å². The first-order valence-corrected chi connectivity index (χ1v) is 11.5. The lowest BCUT2D eigenvalue weighted by Crippen LogP contribution is -2.30. The van der Waals surface area contributed by atoms with Gasteiger partial charge in [-0.25, -0.2) is 8.42 Å². The number of sulfonamides is 1. The van der Waals surface area contributed by atoms with E-state index in [0.29, 0.717) is 22.5 Å². The van der Waals surface area contributed by atoms with E-state index in [1.165, 1.54) is 7.05 Å². The van der Waals surface area contributed by atoms with Gasteiger partial charge in [-0.1, -0.05) is 50.2 Å². The first kappa shape index (κ1) is 21.4. The second kappa shape index (κ2) is 7.99. The summed E-state index contributed by atoms with van der Waals surface area (Å²) in [5.41, 5.74) is 2.64. The number of aromatic nitrogens is 4. The molecule has 0 aliphatic rings. The third-order valence-electron chi connectivity index (χ3n) is 5.37. The number of aliphatic hydroxyl groups is 1. The molecule has 0 atom stereocenters. The highest BCUT2D eigenvalue weighted by Gasteiger charge is 2.24. The number of hydrogen-bond donors (Lipinski definition) is 1. The Morgan fingerprint density at radius 3 is 2.48 bits per heavy atom. The standard InChI is InChI=1S/C22H25N5O3S/c1-14(2)21-23-24-22-18-8-6-5-7-17(18)20(25-27(21)22)16-10-9-15(3)19(13-16)31(29,30)26(4)11-12-28/h5-10,13-14,28H,11-12H2,1-4H3. The Morgan fingerprint density at radius 2 is 1.81 bits per heavy atom. The minimum atomic E-state index is -3.75.